The Kier molecular flexibility index (Phi) is 6.01. The molecule has 2 fully saturated rings. The van der Waals surface area contributed by atoms with E-state index >= 15 is 0 Å². The highest BCUT2D eigenvalue weighted by atomic mass is 16.6. The van der Waals surface area contributed by atoms with E-state index in [0.29, 0.717) is 5.75 Å². The molecule has 1 aromatic rings. The molecule has 0 spiro atoms. The number of benzene rings is 1. The third-order valence-electron chi connectivity index (χ3n) is 6.27. The molecule has 3 rings (SSSR count). The van der Waals surface area contributed by atoms with E-state index in [0.717, 1.165) is 42.6 Å². The van der Waals surface area contributed by atoms with Gasteiger partial charge in [-0.15, -0.1) is 0 Å². The maximum Gasteiger partial charge on any atom is 0.311 e. The second-order valence-corrected chi connectivity index (χ2v) is 7.73. The molecule has 0 bridgehead atoms. The van der Waals surface area contributed by atoms with Crippen LogP contribution < -0.4 is 9.64 Å². The summed E-state index contributed by atoms with van der Waals surface area (Å²) in [4.78, 5) is 15.8. The molecule has 0 amide bonds. The van der Waals surface area contributed by atoms with Crippen molar-refractivity contribution >= 4 is 11.4 Å². The highest BCUT2D eigenvalue weighted by Crippen LogP contribution is 2.38. The molecular weight excluding hydrogens is 330 g/mol. The van der Waals surface area contributed by atoms with Crippen LogP contribution in [0.1, 0.15) is 38.2 Å². The Balaban J connectivity index is 1.71. The van der Waals surface area contributed by atoms with Gasteiger partial charge >= 0.3 is 5.69 Å². The quantitative estimate of drug-likeness (QED) is 0.591. The van der Waals surface area contributed by atoms with Gasteiger partial charge in [0.1, 0.15) is 0 Å². The second-order valence-electron chi connectivity index (χ2n) is 7.73. The van der Waals surface area contributed by atoms with Crippen molar-refractivity contribution in [3.8, 4) is 5.75 Å². The number of nitro benzene ring substituents is 1. The van der Waals surface area contributed by atoms with Gasteiger partial charge in [0.15, 0.2) is 5.75 Å². The lowest BCUT2D eigenvalue weighted by molar-refractivity contribution is -0.385. The van der Waals surface area contributed by atoms with Crippen LogP contribution in [0, 0.1) is 22.0 Å². The van der Waals surface area contributed by atoms with Crippen LogP contribution in [-0.2, 0) is 6.42 Å². The Labute approximate surface area is 156 Å². The first kappa shape index (κ1) is 19.0. The molecule has 2 aliphatic rings. The zero-order chi connectivity index (χ0) is 18.7. The monoisotopic (exact) mass is 361 g/mol. The average molecular weight is 361 g/mol. The minimum Gasteiger partial charge on any atom is -0.490 e. The lowest BCUT2D eigenvalue weighted by Gasteiger charge is -2.40. The summed E-state index contributed by atoms with van der Waals surface area (Å²) in [6, 6.07) is 3.56. The van der Waals surface area contributed by atoms with E-state index in [2.05, 4.69) is 23.8 Å². The molecule has 0 saturated carbocycles. The lowest BCUT2D eigenvalue weighted by Crippen LogP contribution is -2.40. The molecule has 144 valence electrons. The van der Waals surface area contributed by atoms with Gasteiger partial charge in [-0.25, -0.2) is 0 Å². The molecule has 1 aromatic carbocycles. The normalized spacial score (nSPS) is 20.3. The summed E-state index contributed by atoms with van der Waals surface area (Å²) in [7, 11) is 3.72. The summed E-state index contributed by atoms with van der Waals surface area (Å²) in [5.74, 6) is 2.05. The zero-order valence-corrected chi connectivity index (χ0v) is 16.2. The van der Waals surface area contributed by atoms with Crippen molar-refractivity contribution in [2.45, 2.75) is 39.0 Å². The molecule has 6 nitrogen and oxygen atoms in total. The van der Waals surface area contributed by atoms with E-state index in [1.54, 1.807) is 6.07 Å². The minimum atomic E-state index is -0.353. The van der Waals surface area contributed by atoms with Crippen LogP contribution in [0.3, 0.4) is 0 Å². The maximum absolute atomic E-state index is 11.3. The standard InChI is InChI=1S/C20H31N3O3/c1-4-15-13-19(23(24)25)20(26-3)14-18(15)22-11-7-17(8-12-22)16-5-9-21(2)10-6-16/h13-14,16-17H,4-12H2,1-3H3. The van der Waals surface area contributed by atoms with E-state index in [-0.39, 0.29) is 10.6 Å². The highest BCUT2D eigenvalue weighted by molar-refractivity contribution is 5.64. The predicted molar refractivity (Wildman–Crippen MR) is 104 cm³/mol. The van der Waals surface area contributed by atoms with Gasteiger partial charge < -0.3 is 14.5 Å². The molecule has 0 aromatic heterocycles. The van der Waals surface area contributed by atoms with Crippen LogP contribution >= 0.6 is 0 Å². The van der Waals surface area contributed by atoms with Gasteiger partial charge in [0.2, 0.25) is 0 Å². The lowest BCUT2D eigenvalue weighted by atomic mass is 9.78. The Morgan fingerprint density at radius 2 is 1.69 bits per heavy atom. The van der Waals surface area contributed by atoms with E-state index in [4.69, 9.17) is 4.74 Å². The summed E-state index contributed by atoms with van der Waals surface area (Å²) >= 11 is 0. The molecule has 0 unspecified atom stereocenters. The smallest absolute Gasteiger partial charge is 0.311 e. The Morgan fingerprint density at radius 1 is 1.12 bits per heavy atom. The number of piperidine rings is 2. The molecular formula is C20H31N3O3. The van der Waals surface area contributed by atoms with Crippen LogP contribution in [-0.4, -0.2) is 50.2 Å². The van der Waals surface area contributed by atoms with Gasteiger partial charge in [-0.1, -0.05) is 6.92 Å². The Morgan fingerprint density at radius 3 is 2.19 bits per heavy atom. The fraction of sp³-hybridized carbons (Fsp3) is 0.700. The Hall–Kier alpha value is -1.82. The van der Waals surface area contributed by atoms with Gasteiger partial charge in [-0.2, -0.15) is 0 Å². The predicted octanol–water partition coefficient (Wildman–Crippen LogP) is 3.72. The number of nitro groups is 1. The van der Waals surface area contributed by atoms with E-state index in [1.165, 1.54) is 45.9 Å². The molecule has 0 atom stereocenters. The van der Waals surface area contributed by atoms with Gasteiger partial charge in [0, 0.05) is 30.9 Å². The summed E-state index contributed by atoms with van der Waals surface area (Å²) in [6.45, 7) is 6.57. The highest BCUT2D eigenvalue weighted by Gasteiger charge is 2.30. The largest absolute Gasteiger partial charge is 0.490 e. The number of hydrogen-bond acceptors (Lipinski definition) is 5. The van der Waals surface area contributed by atoms with Crippen molar-refractivity contribution < 1.29 is 9.66 Å². The number of methoxy groups -OCH3 is 1. The molecule has 0 aliphatic carbocycles. The van der Waals surface area contributed by atoms with Crippen molar-refractivity contribution in [1.29, 1.82) is 0 Å². The molecule has 2 heterocycles. The van der Waals surface area contributed by atoms with Crippen LogP contribution in [0.4, 0.5) is 11.4 Å². The van der Waals surface area contributed by atoms with E-state index in [1.807, 2.05) is 6.07 Å². The van der Waals surface area contributed by atoms with Gasteiger partial charge in [0.25, 0.3) is 0 Å². The van der Waals surface area contributed by atoms with E-state index < -0.39 is 0 Å². The maximum atomic E-state index is 11.3. The van der Waals surface area contributed by atoms with Gasteiger partial charge in [-0.3, -0.25) is 10.1 Å². The summed E-state index contributed by atoms with van der Waals surface area (Å²) < 4.78 is 5.29. The molecule has 0 N–H and O–H groups in total. The van der Waals surface area contributed by atoms with Gasteiger partial charge in [0.05, 0.1) is 12.0 Å². The van der Waals surface area contributed by atoms with Crippen LogP contribution in [0.2, 0.25) is 0 Å². The molecule has 26 heavy (non-hydrogen) atoms. The number of nitrogens with zero attached hydrogens (tertiary/aromatic N) is 3. The zero-order valence-electron chi connectivity index (χ0n) is 16.2. The summed E-state index contributed by atoms with van der Waals surface area (Å²) in [5, 5.41) is 11.3. The SMILES string of the molecule is CCc1cc([N+](=O)[O-])c(OC)cc1N1CCC(C2CCN(C)CC2)CC1. The van der Waals surface area contributed by atoms with Crippen molar-refractivity contribution in [3.63, 3.8) is 0 Å². The van der Waals surface area contributed by atoms with Crippen molar-refractivity contribution in [1.82, 2.24) is 4.90 Å². The van der Waals surface area contributed by atoms with Crippen molar-refractivity contribution in [2.24, 2.45) is 11.8 Å². The Bertz CT molecular complexity index is 633. The van der Waals surface area contributed by atoms with Crippen LogP contribution in [0.5, 0.6) is 5.75 Å². The van der Waals surface area contributed by atoms with Crippen LogP contribution in [0.15, 0.2) is 12.1 Å². The molecule has 6 heteroatoms. The fourth-order valence-electron chi connectivity index (χ4n) is 4.60. The second kappa shape index (κ2) is 8.25. The molecule has 2 aliphatic heterocycles. The first-order chi connectivity index (χ1) is 12.5. The first-order valence-electron chi connectivity index (χ1n) is 9.82. The first-order valence-corrected chi connectivity index (χ1v) is 9.82. The third-order valence-corrected chi connectivity index (χ3v) is 6.27. The topological polar surface area (TPSA) is 58.9 Å². The fourth-order valence-corrected chi connectivity index (χ4v) is 4.60. The number of likely N-dealkylation sites (tertiary alicyclic amines) is 1. The molecule has 2 saturated heterocycles. The number of rotatable bonds is 5. The van der Waals surface area contributed by atoms with Crippen molar-refractivity contribution in [2.75, 3.05) is 45.2 Å². The molecule has 0 radical (unpaired) electrons. The van der Waals surface area contributed by atoms with Crippen LogP contribution in [0.25, 0.3) is 0 Å². The number of hydrogen-bond donors (Lipinski definition) is 0. The minimum absolute atomic E-state index is 0.0642. The summed E-state index contributed by atoms with van der Waals surface area (Å²) in [5.41, 5.74) is 2.21. The average Bonchev–Trinajstić information content (AvgIpc) is 2.67. The number of anilines is 1. The van der Waals surface area contributed by atoms with E-state index in [9.17, 15) is 10.1 Å². The number of ether oxygens (including phenoxy) is 1. The van der Waals surface area contributed by atoms with Crippen molar-refractivity contribution in [3.05, 3.63) is 27.8 Å². The van der Waals surface area contributed by atoms with Gasteiger partial charge in [-0.05, 0) is 69.6 Å². The summed E-state index contributed by atoms with van der Waals surface area (Å²) in [6.07, 6.45) is 5.88. The number of aryl methyl sites for hydroxylation is 1. The third kappa shape index (κ3) is 3.95.